The van der Waals surface area contributed by atoms with Crippen LogP contribution in [0.1, 0.15) is 47.8 Å². The maximum absolute atomic E-state index is 11.6. The molecule has 4 aromatic carbocycles. The third kappa shape index (κ3) is 7.56. The molecule has 1 aliphatic heterocycles. The van der Waals surface area contributed by atoms with Crippen molar-refractivity contribution in [3.63, 3.8) is 0 Å². The standard InChI is InChI=1S/C35H37ClO5/c1-3-38-30-17-14-25(15-18-30)20-29-21-28(16-19-31(29)36)34-35(40-23-27-12-8-5-9-13-27)32(37)33(24(2)41-34)39-22-26-10-6-4-7-11-26/h4-19,21,24,32-35,37H,3,20,22-23H2,1-2H3. The average Bonchev–Trinajstić information content (AvgIpc) is 2.99. The van der Waals surface area contributed by atoms with E-state index in [2.05, 4.69) is 18.2 Å². The molecule has 5 nitrogen and oxygen atoms in total. The van der Waals surface area contributed by atoms with E-state index in [1.807, 2.05) is 98.8 Å². The summed E-state index contributed by atoms with van der Waals surface area (Å²) in [6.45, 7) is 5.26. The Labute approximate surface area is 247 Å². The Bertz CT molecular complexity index is 1360. The number of ether oxygens (including phenoxy) is 4. The van der Waals surface area contributed by atoms with Crippen LogP contribution >= 0.6 is 11.6 Å². The lowest BCUT2D eigenvalue weighted by molar-refractivity contribution is -0.250. The van der Waals surface area contributed by atoms with Gasteiger partial charge in [0.25, 0.3) is 0 Å². The van der Waals surface area contributed by atoms with Crippen LogP contribution in [0.4, 0.5) is 0 Å². The van der Waals surface area contributed by atoms with Gasteiger partial charge in [-0.05, 0) is 66.3 Å². The Morgan fingerprint density at radius 2 is 1.37 bits per heavy atom. The molecule has 41 heavy (non-hydrogen) atoms. The maximum Gasteiger partial charge on any atom is 0.119 e. The molecule has 1 N–H and O–H groups in total. The van der Waals surface area contributed by atoms with Crippen LogP contribution in [-0.4, -0.2) is 36.1 Å². The lowest BCUT2D eigenvalue weighted by Gasteiger charge is -2.43. The SMILES string of the molecule is CCOc1ccc(Cc2cc(C3OC(C)C(OCc4ccccc4)C(O)C3OCc3ccccc3)ccc2Cl)cc1. The Balaban J connectivity index is 1.38. The van der Waals surface area contributed by atoms with Crippen molar-refractivity contribution in [1.82, 2.24) is 0 Å². The molecule has 4 aromatic rings. The lowest BCUT2D eigenvalue weighted by Crippen LogP contribution is -2.55. The van der Waals surface area contributed by atoms with Crippen LogP contribution in [0.3, 0.4) is 0 Å². The first-order chi connectivity index (χ1) is 20.0. The van der Waals surface area contributed by atoms with E-state index >= 15 is 0 Å². The van der Waals surface area contributed by atoms with Crippen molar-refractivity contribution in [2.45, 2.75) is 64.0 Å². The third-order valence-electron chi connectivity index (χ3n) is 7.39. The van der Waals surface area contributed by atoms with Crippen molar-refractivity contribution < 1.29 is 24.1 Å². The zero-order valence-corrected chi connectivity index (χ0v) is 24.2. The predicted octanol–water partition coefficient (Wildman–Crippen LogP) is 7.32. The van der Waals surface area contributed by atoms with Crippen molar-refractivity contribution in [1.29, 1.82) is 0 Å². The van der Waals surface area contributed by atoms with Gasteiger partial charge in [-0.1, -0.05) is 96.5 Å². The second-order valence-electron chi connectivity index (χ2n) is 10.4. The number of aliphatic hydroxyl groups excluding tert-OH is 1. The largest absolute Gasteiger partial charge is 0.494 e. The van der Waals surface area contributed by atoms with Gasteiger partial charge >= 0.3 is 0 Å². The number of aliphatic hydroxyl groups is 1. The van der Waals surface area contributed by atoms with Crippen LogP contribution in [0.25, 0.3) is 0 Å². The second-order valence-corrected chi connectivity index (χ2v) is 10.8. The first-order valence-corrected chi connectivity index (χ1v) is 14.5. The minimum atomic E-state index is -0.901. The minimum absolute atomic E-state index is 0.342. The fourth-order valence-electron chi connectivity index (χ4n) is 5.25. The molecule has 0 saturated carbocycles. The molecule has 0 bridgehead atoms. The first-order valence-electron chi connectivity index (χ1n) is 14.2. The quantitative estimate of drug-likeness (QED) is 0.204. The van der Waals surface area contributed by atoms with E-state index in [0.717, 1.165) is 33.6 Å². The molecule has 0 spiro atoms. The third-order valence-corrected chi connectivity index (χ3v) is 7.76. The van der Waals surface area contributed by atoms with Crippen LogP contribution in [-0.2, 0) is 33.8 Å². The molecule has 5 rings (SSSR count). The summed E-state index contributed by atoms with van der Waals surface area (Å²) < 4.78 is 24.8. The Kier molecular flexibility index (Phi) is 10.1. The van der Waals surface area contributed by atoms with Crippen molar-refractivity contribution >= 4 is 11.6 Å². The van der Waals surface area contributed by atoms with Gasteiger partial charge in [0.2, 0.25) is 0 Å². The van der Waals surface area contributed by atoms with Crippen LogP contribution in [0.2, 0.25) is 5.02 Å². The zero-order valence-electron chi connectivity index (χ0n) is 23.5. The Hall–Kier alpha value is -3.19. The van der Waals surface area contributed by atoms with Crippen molar-refractivity contribution in [3.05, 3.63) is 136 Å². The summed E-state index contributed by atoms with van der Waals surface area (Å²) >= 11 is 6.66. The van der Waals surface area contributed by atoms with Gasteiger partial charge in [-0.25, -0.2) is 0 Å². The van der Waals surface area contributed by atoms with Crippen molar-refractivity contribution in [3.8, 4) is 5.75 Å². The van der Waals surface area contributed by atoms with E-state index in [1.54, 1.807) is 0 Å². The highest BCUT2D eigenvalue weighted by Gasteiger charge is 2.45. The molecule has 1 heterocycles. The molecule has 5 unspecified atom stereocenters. The van der Waals surface area contributed by atoms with E-state index in [0.29, 0.717) is 31.3 Å². The van der Waals surface area contributed by atoms with E-state index in [1.165, 1.54) is 0 Å². The molecule has 5 atom stereocenters. The Morgan fingerprint density at radius 1 is 0.756 bits per heavy atom. The summed E-state index contributed by atoms with van der Waals surface area (Å²) in [7, 11) is 0. The molecule has 0 amide bonds. The number of rotatable bonds is 11. The predicted molar refractivity (Wildman–Crippen MR) is 161 cm³/mol. The van der Waals surface area contributed by atoms with E-state index in [4.69, 9.17) is 30.5 Å². The zero-order chi connectivity index (χ0) is 28.6. The van der Waals surface area contributed by atoms with Gasteiger partial charge < -0.3 is 24.1 Å². The molecule has 6 heteroatoms. The molecule has 1 saturated heterocycles. The fraction of sp³-hybridized carbons (Fsp3) is 0.314. The molecule has 214 valence electrons. The normalized spacial score (nSPS) is 22.4. The lowest BCUT2D eigenvalue weighted by atomic mass is 9.90. The van der Waals surface area contributed by atoms with Gasteiger partial charge in [0.05, 0.1) is 25.9 Å². The highest BCUT2D eigenvalue weighted by Crippen LogP contribution is 2.38. The summed E-state index contributed by atoms with van der Waals surface area (Å²) in [5.74, 6) is 0.845. The topological polar surface area (TPSA) is 57.2 Å². The van der Waals surface area contributed by atoms with Gasteiger partial charge in [-0.3, -0.25) is 0 Å². The monoisotopic (exact) mass is 572 g/mol. The number of hydrogen-bond acceptors (Lipinski definition) is 5. The van der Waals surface area contributed by atoms with Crippen LogP contribution in [0, 0.1) is 0 Å². The Morgan fingerprint density at radius 3 is 1.98 bits per heavy atom. The highest BCUT2D eigenvalue weighted by atomic mass is 35.5. The summed E-state index contributed by atoms with van der Waals surface area (Å²) in [6, 6.07) is 33.8. The van der Waals surface area contributed by atoms with Gasteiger partial charge in [0.15, 0.2) is 0 Å². The summed E-state index contributed by atoms with van der Waals surface area (Å²) in [5, 5.41) is 12.3. The van der Waals surface area contributed by atoms with E-state index < -0.39 is 24.4 Å². The van der Waals surface area contributed by atoms with Crippen molar-refractivity contribution in [2.24, 2.45) is 0 Å². The van der Waals surface area contributed by atoms with Crippen LogP contribution in [0.15, 0.2) is 103 Å². The second kappa shape index (κ2) is 14.1. The fourth-order valence-corrected chi connectivity index (χ4v) is 5.43. The van der Waals surface area contributed by atoms with E-state index in [-0.39, 0.29) is 6.10 Å². The average molecular weight is 573 g/mol. The molecule has 0 aliphatic carbocycles. The molecular formula is C35H37ClO5. The molecule has 0 radical (unpaired) electrons. The number of hydrogen-bond donors (Lipinski definition) is 1. The van der Waals surface area contributed by atoms with Crippen LogP contribution < -0.4 is 4.74 Å². The van der Waals surface area contributed by atoms with Gasteiger partial charge in [-0.2, -0.15) is 0 Å². The summed E-state index contributed by atoms with van der Waals surface area (Å²) in [6.07, 6.45) is -2.31. The first kappa shape index (κ1) is 29.3. The minimum Gasteiger partial charge on any atom is -0.494 e. The van der Waals surface area contributed by atoms with E-state index in [9.17, 15) is 5.11 Å². The maximum atomic E-state index is 11.6. The molecular weight excluding hydrogens is 536 g/mol. The van der Waals surface area contributed by atoms with Crippen LogP contribution in [0.5, 0.6) is 5.75 Å². The highest BCUT2D eigenvalue weighted by molar-refractivity contribution is 6.31. The summed E-state index contributed by atoms with van der Waals surface area (Å²) in [4.78, 5) is 0. The van der Waals surface area contributed by atoms with Gasteiger partial charge in [-0.15, -0.1) is 0 Å². The smallest absolute Gasteiger partial charge is 0.119 e. The number of benzene rings is 4. The van der Waals surface area contributed by atoms with Crippen molar-refractivity contribution in [2.75, 3.05) is 6.61 Å². The molecule has 1 fully saturated rings. The molecule has 1 aliphatic rings. The van der Waals surface area contributed by atoms with Gasteiger partial charge in [0.1, 0.15) is 30.2 Å². The van der Waals surface area contributed by atoms with Gasteiger partial charge in [0, 0.05) is 5.02 Å². The summed E-state index contributed by atoms with van der Waals surface area (Å²) in [5.41, 5.74) is 5.05. The number of halogens is 1. The molecule has 0 aromatic heterocycles.